The lowest BCUT2D eigenvalue weighted by Crippen LogP contribution is -2.11. The predicted octanol–water partition coefficient (Wildman–Crippen LogP) is 2.09. The number of benzene rings is 1. The van der Waals surface area contributed by atoms with E-state index in [-0.39, 0.29) is 11.6 Å². The molecule has 0 aliphatic carbocycles. The summed E-state index contributed by atoms with van der Waals surface area (Å²) in [6, 6.07) is 8.69. The highest BCUT2D eigenvalue weighted by molar-refractivity contribution is 7.89. The van der Waals surface area contributed by atoms with Gasteiger partial charge in [0.15, 0.2) is 21.4 Å². The van der Waals surface area contributed by atoms with E-state index < -0.39 is 9.84 Å². The van der Waals surface area contributed by atoms with Crippen molar-refractivity contribution < 1.29 is 22.3 Å². The number of ether oxygens (including phenoxy) is 2. The van der Waals surface area contributed by atoms with Crippen LogP contribution in [0.4, 0.5) is 0 Å². The molecule has 0 atom stereocenters. The number of nitrogens with zero attached hydrogens (tertiary/aromatic N) is 3. The Labute approximate surface area is 144 Å². The molecule has 0 unspecified atom stereocenters. The van der Waals surface area contributed by atoms with E-state index in [1.54, 1.807) is 34.9 Å². The molecule has 3 aromatic rings. The van der Waals surface area contributed by atoms with Crippen molar-refractivity contribution in [1.82, 2.24) is 14.8 Å². The van der Waals surface area contributed by atoms with Crippen LogP contribution in [0.1, 0.15) is 5.82 Å². The lowest BCUT2D eigenvalue weighted by Gasteiger charge is -2.16. The molecule has 0 bridgehead atoms. The zero-order valence-corrected chi connectivity index (χ0v) is 14.8. The molecule has 0 amide bonds. The first-order valence-corrected chi connectivity index (χ1v) is 9.38. The SMILES string of the molecule is COc1cccc(OC)c1-n1c(CS(C)(=O)=O)nnc1-c1ccco1. The minimum Gasteiger partial charge on any atom is -0.494 e. The second-order valence-corrected chi connectivity index (χ2v) is 7.47. The molecule has 132 valence electrons. The summed E-state index contributed by atoms with van der Waals surface area (Å²) in [6.07, 6.45) is 2.64. The van der Waals surface area contributed by atoms with Crippen LogP contribution < -0.4 is 9.47 Å². The van der Waals surface area contributed by atoms with Gasteiger partial charge in [-0.2, -0.15) is 0 Å². The molecular formula is C16H17N3O5S. The third kappa shape index (κ3) is 3.36. The summed E-state index contributed by atoms with van der Waals surface area (Å²) in [5.74, 6) is 1.72. The van der Waals surface area contributed by atoms with Gasteiger partial charge in [-0.15, -0.1) is 10.2 Å². The number of sulfone groups is 1. The van der Waals surface area contributed by atoms with Crippen molar-refractivity contribution in [2.75, 3.05) is 20.5 Å². The molecule has 0 saturated heterocycles. The van der Waals surface area contributed by atoms with Gasteiger partial charge in [0.2, 0.25) is 5.82 Å². The van der Waals surface area contributed by atoms with Gasteiger partial charge in [-0.25, -0.2) is 8.42 Å². The highest BCUT2D eigenvalue weighted by Gasteiger charge is 2.25. The Morgan fingerprint density at radius 1 is 1.08 bits per heavy atom. The average molecular weight is 363 g/mol. The highest BCUT2D eigenvalue weighted by Crippen LogP contribution is 2.36. The van der Waals surface area contributed by atoms with Crippen LogP contribution in [-0.2, 0) is 15.6 Å². The summed E-state index contributed by atoms with van der Waals surface area (Å²) < 4.78 is 41.5. The highest BCUT2D eigenvalue weighted by atomic mass is 32.2. The Morgan fingerprint density at radius 2 is 1.76 bits per heavy atom. The van der Waals surface area contributed by atoms with Gasteiger partial charge in [-0.1, -0.05) is 6.07 Å². The molecule has 3 rings (SSSR count). The first-order chi connectivity index (χ1) is 11.9. The molecule has 0 saturated carbocycles. The van der Waals surface area contributed by atoms with Crippen molar-refractivity contribution >= 4 is 9.84 Å². The molecule has 0 N–H and O–H groups in total. The van der Waals surface area contributed by atoms with Gasteiger partial charge in [0.1, 0.15) is 22.9 Å². The van der Waals surface area contributed by atoms with E-state index in [4.69, 9.17) is 13.9 Å². The molecule has 0 fully saturated rings. The van der Waals surface area contributed by atoms with Gasteiger partial charge in [0, 0.05) is 6.26 Å². The van der Waals surface area contributed by atoms with E-state index in [0.717, 1.165) is 6.26 Å². The van der Waals surface area contributed by atoms with Crippen molar-refractivity contribution in [2.45, 2.75) is 5.75 Å². The molecule has 0 radical (unpaired) electrons. The summed E-state index contributed by atoms with van der Waals surface area (Å²) in [4.78, 5) is 0. The van der Waals surface area contributed by atoms with Gasteiger partial charge in [-0.05, 0) is 24.3 Å². The van der Waals surface area contributed by atoms with E-state index >= 15 is 0 Å². The fraction of sp³-hybridized carbons (Fsp3) is 0.250. The van der Waals surface area contributed by atoms with Gasteiger partial charge >= 0.3 is 0 Å². The number of hydrogen-bond donors (Lipinski definition) is 0. The maximum Gasteiger partial charge on any atom is 0.204 e. The number of furan rings is 1. The van der Waals surface area contributed by atoms with Crippen molar-refractivity contribution in [1.29, 1.82) is 0 Å². The molecule has 2 aromatic heterocycles. The maximum absolute atomic E-state index is 11.8. The summed E-state index contributed by atoms with van der Waals surface area (Å²) in [5, 5.41) is 8.16. The molecule has 9 heteroatoms. The lowest BCUT2D eigenvalue weighted by molar-refractivity contribution is 0.390. The van der Waals surface area contributed by atoms with Crippen LogP contribution in [0.25, 0.3) is 17.3 Å². The topological polar surface area (TPSA) is 96.5 Å². The minimum atomic E-state index is -3.34. The number of rotatable bonds is 6. The maximum atomic E-state index is 11.8. The third-order valence-corrected chi connectivity index (χ3v) is 4.27. The van der Waals surface area contributed by atoms with Crippen LogP contribution in [-0.4, -0.2) is 43.7 Å². The van der Waals surface area contributed by atoms with Gasteiger partial charge in [0.05, 0.1) is 20.5 Å². The molecule has 0 aliphatic rings. The normalized spacial score (nSPS) is 11.5. The molecule has 0 aliphatic heterocycles. The summed E-state index contributed by atoms with van der Waals surface area (Å²) in [6.45, 7) is 0. The number of para-hydroxylation sites is 1. The number of aromatic nitrogens is 3. The Kier molecular flexibility index (Phi) is 4.49. The van der Waals surface area contributed by atoms with E-state index in [2.05, 4.69) is 10.2 Å². The standard InChI is InChI=1S/C16H17N3O5S/c1-22-11-6-4-7-12(23-2)15(11)19-14(10-25(3,20)21)17-18-16(19)13-8-5-9-24-13/h4-9H,10H2,1-3H3. The van der Waals surface area contributed by atoms with E-state index in [1.165, 1.54) is 20.5 Å². The van der Waals surface area contributed by atoms with E-state index in [9.17, 15) is 8.42 Å². The van der Waals surface area contributed by atoms with Gasteiger partial charge < -0.3 is 13.9 Å². The molecule has 8 nitrogen and oxygen atoms in total. The second kappa shape index (κ2) is 6.60. The lowest BCUT2D eigenvalue weighted by atomic mass is 10.2. The van der Waals surface area contributed by atoms with Crippen LogP contribution in [0.3, 0.4) is 0 Å². The monoisotopic (exact) mass is 363 g/mol. The molecule has 25 heavy (non-hydrogen) atoms. The Bertz CT molecular complexity index is 955. The van der Waals surface area contributed by atoms with Crippen LogP contribution in [0, 0.1) is 0 Å². The minimum absolute atomic E-state index is 0.233. The average Bonchev–Trinajstić information content (AvgIpc) is 3.22. The largest absolute Gasteiger partial charge is 0.494 e. The van der Waals surface area contributed by atoms with Crippen LogP contribution in [0.5, 0.6) is 11.5 Å². The van der Waals surface area contributed by atoms with Crippen molar-refractivity contribution in [2.24, 2.45) is 0 Å². The molecular weight excluding hydrogens is 346 g/mol. The zero-order valence-electron chi connectivity index (χ0n) is 14.0. The molecule has 1 aromatic carbocycles. The van der Waals surface area contributed by atoms with Crippen molar-refractivity contribution in [3.63, 3.8) is 0 Å². The van der Waals surface area contributed by atoms with Gasteiger partial charge in [0.25, 0.3) is 0 Å². The Hall–Kier alpha value is -2.81. The van der Waals surface area contributed by atoms with Crippen molar-refractivity contribution in [3.8, 4) is 28.8 Å². The summed E-state index contributed by atoms with van der Waals surface area (Å²) in [7, 11) is -0.299. The fourth-order valence-corrected chi connectivity index (χ4v) is 3.15. The zero-order chi connectivity index (χ0) is 18.0. The number of methoxy groups -OCH3 is 2. The quantitative estimate of drug-likeness (QED) is 0.661. The van der Waals surface area contributed by atoms with Crippen LogP contribution in [0.2, 0.25) is 0 Å². The van der Waals surface area contributed by atoms with E-state index in [1.807, 2.05) is 0 Å². The van der Waals surface area contributed by atoms with Crippen molar-refractivity contribution in [3.05, 3.63) is 42.4 Å². The van der Waals surface area contributed by atoms with Gasteiger partial charge in [-0.3, -0.25) is 4.57 Å². The first kappa shape index (κ1) is 17.0. The molecule has 2 heterocycles. The number of hydrogen-bond acceptors (Lipinski definition) is 7. The summed E-state index contributed by atoms with van der Waals surface area (Å²) in [5.41, 5.74) is 0.502. The summed E-state index contributed by atoms with van der Waals surface area (Å²) >= 11 is 0. The van der Waals surface area contributed by atoms with Crippen LogP contribution >= 0.6 is 0 Å². The Morgan fingerprint density at radius 3 is 2.28 bits per heavy atom. The fourth-order valence-electron chi connectivity index (χ4n) is 2.50. The first-order valence-electron chi connectivity index (χ1n) is 7.32. The Balaban J connectivity index is 2.32. The predicted molar refractivity (Wildman–Crippen MR) is 90.7 cm³/mol. The van der Waals surface area contributed by atoms with Crippen LogP contribution in [0.15, 0.2) is 41.0 Å². The van der Waals surface area contributed by atoms with E-state index in [0.29, 0.717) is 28.8 Å². The second-order valence-electron chi connectivity index (χ2n) is 5.33. The smallest absolute Gasteiger partial charge is 0.204 e. The molecule has 0 spiro atoms. The third-order valence-electron chi connectivity index (χ3n) is 3.49.